The van der Waals surface area contributed by atoms with Crippen LogP contribution < -0.4 is 5.32 Å². The lowest BCUT2D eigenvalue weighted by atomic mass is 9.98. The fraction of sp³-hybridized carbons (Fsp3) is 0.647. The van der Waals surface area contributed by atoms with Crippen LogP contribution in [0.5, 0.6) is 0 Å². The molecule has 0 amide bonds. The summed E-state index contributed by atoms with van der Waals surface area (Å²) in [4.78, 5) is 2.67. The van der Waals surface area contributed by atoms with Gasteiger partial charge in [-0.15, -0.1) is 0 Å². The van der Waals surface area contributed by atoms with Gasteiger partial charge in [0.05, 0.1) is 0 Å². The zero-order valence-electron chi connectivity index (χ0n) is 12.9. The highest BCUT2D eigenvalue weighted by molar-refractivity contribution is 5.33. The average molecular weight is 260 g/mol. The van der Waals surface area contributed by atoms with Crippen molar-refractivity contribution in [2.24, 2.45) is 0 Å². The van der Waals surface area contributed by atoms with Gasteiger partial charge in [-0.3, -0.25) is 4.90 Å². The Bertz CT molecular complexity index is 414. The maximum atomic E-state index is 3.51. The number of hydrogen-bond acceptors (Lipinski definition) is 2. The summed E-state index contributed by atoms with van der Waals surface area (Å²) in [5.74, 6) is 0. The number of nitrogens with one attached hydrogen (secondary N) is 1. The van der Waals surface area contributed by atoms with Crippen LogP contribution in [0.15, 0.2) is 18.2 Å². The molecule has 106 valence electrons. The van der Waals surface area contributed by atoms with Crippen LogP contribution in [0.1, 0.15) is 48.9 Å². The van der Waals surface area contributed by atoms with Crippen molar-refractivity contribution in [2.75, 3.05) is 20.1 Å². The van der Waals surface area contributed by atoms with Gasteiger partial charge in [0, 0.05) is 18.6 Å². The van der Waals surface area contributed by atoms with Crippen LogP contribution >= 0.6 is 0 Å². The lowest BCUT2D eigenvalue weighted by molar-refractivity contribution is 0.224. The number of rotatable bonds is 5. The second kappa shape index (κ2) is 6.53. The number of benzene rings is 1. The fourth-order valence-corrected chi connectivity index (χ4v) is 3.39. The van der Waals surface area contributed by atoms with Gasteiger partial charge < -0.3 is 5.32 Å². The maximum Gasteiger partial charge on any atom is 0.0449 e. The molecule has 1 aliphatic heterocycles. The Hall–Kier alpha value is -0.860. The van der Waals surface area contributed by atoms with Crippen molar-refractivity contribution in [3.63, 3.8) is 0 Å². The molecule has 0 saturated carbocycles. The molecule has 1 N–H and O–H groups in total. The van der Waals surface area contributed by atoms with Crippen molar-refractivity contribution < 1.29 is 0 Å². The van der Waals surface area contributed by atoms with E-state index >= 15 is 0 Å². The minimum Gasteiger partial charge on any atom is -0.312 e. The summed E-state index contributed by atoms with van der Waals surface area (Å²) in [6.45, 7) is 9.11. The Morgan fingerprint density at radius 3 is 2.79 bits per heavy atom. The van der Waals surface area contributed by atoms with E-state index in [9.17, 15) is 0 Å². The molecule has 1 aromatic rings. The molecule has 0 aromatic heterocycles. The van der Waals surface area contributed by atoms with Gasteiger partial charge >= 0.3 is 0 Å². The molecule has 1 aliphatic rings. The van der Waals surface area contributed by atoms with Gasteiger partial charge in [0.2, 0.25) is 0 Å². The van der Waals surface area contributed by atoms with Crippen molar-refractivity contribution in [1.29, 1.82) is 0 Å². The molecule has 1 saturated heterocycles. The summed E-state index contributed by atoms with van der Waals surface area (Å²) < 4.78 is 0. The van der Waals surface area contributed by atoms with Gasteiger partial charge in [0.1, 0.15) is 0 Å². The van der Waals surface area contributed by atoms with E-state index in [-0.39, 0.29) is 0 Å². The number of nitrogens with zero attached hydrogens (tertiary/aromatic N) is 1. The zero-order chi connectivity index (χ0) is 13.8. The highest BCUT2D eigenvalue weighted by Gasteiger charge is 2.25. The molecule has 2 rings (SSSR count). The summed E-state index contributed by atoms with van der Waals surface area (Å²) in [5.41, 5.74) is 4.21. The first-order valence-corrected chi connectivity index (χ1v) is 7.64. The van der Waals surface area contributed by atoms with Gasteiger partial charge in [-0.2, -0.15) is 0 Å². The Labute approximate surface area is 118 Å². The van der Waals surface area contributed by atoms with E-state index in [4.69, 9.17) is 0 Å². The molecule has 1 heterocycles. The first-order valence-electron chi connectivity index (χ1n) is 7.64. The molecule has 1 aromatic carbocycles. The minimum absolute atomic E-state index is 0.452. The van der Waals surface area contributed by atoms with Gasteiger partial charge in [0.25, 0.3) is 0 Å². The third kappa shape index (κ3) is 3.37. The molecule has 2 nitrogen and oxygen atoms in total. The lowest BCUT2D eigenvalue weighted by Gasteiger charge is -2.29. The normalized spacial score (nSPS) is 21.8. The van der Waals surface area contributed by atoms with Crippen LogP contribution in [0.2, 0.25) is 0 Å². The van der Waals surface area contributed by atoms with Crippen molar-refractivity contribution in [3.05, 3.63) is 34.9 Å². The molecule has 1 fully saturated rings. The van der Waals surface area contributed by atoms with E-state index in [1.54, 1.807) is 0 Å². The van der Waals surface area contributed by atoms with E-state index in [0.717, 1.165) is 12.6 Å². The number of hydrogen-bond donors (Lipinski definition) is 1. The molecule has 0 spiro atoms. The highest BCUT2D eigenvalue weighted by atomic mass is 15.2. The predicted octanol–water partition coefficient (Wildman–Crippen LogP) is 3.44. The standard InChI is InChI=1S/C17H28N2/c1-5-15-7-6-10-19(15)12-17(18-4)16-9-8-13(2)11-14(16)3/h8-9,11,15,17-18H,5-7,10,12H2,1-4H3. The van der Waals surface area contributed by atoms with E-state index in [2.05, 4.69) is 56.2 Å². The average Bonchev–Trinajstić information content (AvgIpc) is 2.84. The van der Waals surface area contributed by atoms with Crippen LogP contribution in [0, 0.1) is 13.8 Å². The highest BCUT2D eigenvalue weighted by Crippen LogP contribution is 2.25. The Morgan fingerprint density at radius 1 is 1.37 bits per heavy atom. The molecule has 2 unspecified atom stereocenters. The molecule has 0 aliphatic carbocycles. The van der Waals surface area contributed by atoms with Crippen LogP contribution in [0.25, 0.3) is 0 Å². The van der Waals surface area contributed by atoms with Gasteiger partial charge in [-0.05, 0) is 57.8 Å². The van der Waals surface area contributed by atoms with Gasteiger partial charge in [0.15, 0.2) is 0 Å². The Morgan fingerprint density at radius 2 is 2.16 bits per heavy atom. The molecular formula is C17H28N2. The van der Waals surface area contributed by atoms with Crippen LogP contribution in [-0.4, -0.2) is 31.1 Å². The third-order valence-corrected chi connectivity index (χ3v) is 4.54. The summed E-state index contributed by atoms with van der Waals surface area (Å²) in [7, 11) is 2.08. The summed E-state index contributed by atoms with van der Waals surface area (Å²) in [5, 5.41) is 3.51. The second-order valence-corrected chi connectivity index (χ2v) is 5.90. The van der Waals surface area contributed by atoms with E-state index in [1.807, 2.05) is 0 Å². The van der Waals surface area contributed by atoms with Gasteiger partial charge in [-0.25, -0.2) is 0 Å². The Kier molecular flexibility index (Phi) is 5.00. The monoisotopic (exact) mass is 260 g/mol. The van der Waals surface area contributed by atoms with Crippen molar-refractivity contribution in [2.45, 2.75) is 52.1 Å². The molecular weight excluding hydrogens is 232 g/mol. The summed E-state index contributed by atoms with van der Waals surface area (Å²) in [6, 6.07) is 8.06. The molecule has 0 radical (unpaired) electrons. The topological polar surface area (TPSA) is 15.3 Å². The van der Waals surface area contributed by atoms with Crippen LogP contribution in [-0.2, 0) is 0 Å². The van der Waals surface area contributed by atoms with E-state index in [1.165, 1.54) is 42.5 Å². The van der Waals surface area contributed by atoms with Crippen molar-refractivity contribution >= 4 is 0 Å². The SMILES string of the molecule is CCC1CCCN1CC(NC)c1ccc(C)cc1C. The Balaban J connectivity index is 2.11. The van der Waals surface area contributed by atoms with Crippen LogP contribution in [0.4, 0.5) is 0 Å². The van der Waals surface area contributed by atoms with E-state index < -0.39 is 0 Å². The molecule has 0 bridgehead atoms. The van der Waals surface area contributed by atoms with Crippen molar-refractivity contribution in [3.8, 4) is 0 Å². The third-order valence-electron chi connectivity index (χ3n) is 4.54. The number of likely N-dealkylation sites (N-methyl/N-ethyl adjacent to an activating group) is 1. The molecule has 2 heteroatoms. The van der Waals surface area contributed by atoms with Crippen LogP contribution in [0.3, 0.4) is 0 Å². The summed E-state index contributed by atoms with van der Waals surface area (Å²) in [6.07, 6.45) is 4.02. The number of likely N-dealkylation sites (tertiary alicyclic amines) is 1. The largest absolute Gasteiger partial charge is 0.312 e. The lowest BCUT2D eigenvalue weighted by Crippen LogP contribution is -2.37. The number of aryl methyl sites for hydroxylation is 2. The minimum atomic E-state index is 0.452. The molecule has 2 atom stereocenters. The molecule has 19 heavy (non-hydrogen) atoms. The first-order chi connectivity index (χ1) is 9.15. The fourth-order valence-electron chi connectivity index (χ4n) is 3.39. The smallest absolute Gasteiger partial charge is 0.0449 e. The quantitative estimate of drug-likeness (QED) is 0.872. The zero-order valence-corrected chi connectivity index (χ0v) is 12.9. The predicted molar refractivity (Wildman–Crippen MR) is 82.6 cm³/mol. The first kappa shape index (κ1) is 14.5. The van der Waals surface area contributed by atoms with Gasteiger partial charge in [-0.1, -0.05) is 30.7 Å². The maximum absolute atomic E-state index is 3.51. The second-order valence-electron chi connectivity index (χ2n) is 5.90. The van der Waals surface area contributed by atoms with Crippen molar-refractivity contribution in [1.82, 2.24) is 10.2 Å². The van der Waals surface area contributed by atoms with E-state index in [0.29, 0.717) is 6.04 Å². The summed E-state index contributed by atoms with van der Waals surface area (Å²) >= 11 is 0.